The summed E-state index contributed by atoms with van der Waals surface area (Å²) in [5.74, 6) is 0. The number of fused-ring (bicyclic) bond motifs is 1. The Morgan fingerprint density at radius 3 is 2.67 bits per heavy atom. The van der Waals surface area contributed by atoms with Gasteiger partial charge in [0.05, 0.1) is 0 Å². The fourth-order valence-electron chi connectivity index (χ4n) is 2.26. The van der Waals surface area contributed by atoms with Crippen LogP contribution in [-0.2, 0) is 11.2 Å². The van der Waals surface area contributed by atoms with Gasteiger partial charge in [-0.2, -0.15) is 0 Å². The summed E-state index contributed by atoms with van der Waals surface area (Å²) in [5.41, 5.74) is 7.45. The molecule has 0 aliphatic carbocycles. The molecular formula is C16H21NO. The van der Waals surface area contributed by atoms with E-state index in [1.54, 1.807) is 7.11 Å². The fraction of sp³-hybridized carbons (Fsp3) is 0.375. The Labute approximate surface area is 109 Å². The molecule has 2 N–H and O–H groups in total. The quantitative estimate of drug-likeness (QED) is 0.791. The normalized spacial score (nSPS) is 12.8. The van der Waals surface area contributed by atoms with Crippen molar-refractivity contribution < 1.29 is 4.74 Å². The van der Waals surface area contributed by atoms with Crippen molar-refractivity contribution in [3.63, 3.8) is 0 Å². The highest BCUT2D eigenvalue weighted by molar-refractivity contribution is 5.82. The predicted molar refractivity (Wildman–Crippen MR) is 76.7 cm³/mol. The predicted octanol–water partition coefficient (Wildman–Crippen LogP) is 3.14. The topological polar surface area (TPSA) is 35.2 Å². The van der Waals surface area contributed by atoms with E-state index in [0.29, 0.717) is 0 Å². The standard InChI is InChI=1S/C16H21NO/c1-18-10-4-7-16(17)12-13-8-9-14-5-2-3-6-15(14)11-13/h2-3,5-6,8-9,11,16H,4,7,10,12,17H2,1H3. The van der Waals surface area contributed by atoms with Gasteiger partial charge in [-0.3, -0.25) is 0 Å². The van der Waals surface area contributed by atoms with E-state index >= 15 is 0 Å². The highest BCUT2D eigenvalue weighted by Gasteiger charge is 2.04. The number of rotatable bonds is 6. The molecular weight excluding hydrogens is 222 g/mol. The second-order valence-electron chi connectivity index (χ2n) is 4.78. The second-order valence-corrected chi connectivity index (χ2v) is 4.78. The molecule has 18 heavy (non-hydrogen) atoms. The maximum atomic E-state index is 6.14. The first-order valence-corrected chi connectivity index (χ1v) is 6.52. The molecule has 0 bridgehead atoms. The molecule has 0 aliphatic rings. The SMILES string of the molecule is COCCCC(N)Cc1ccc2ccccc2c1. The number of benzene rings is 2. The summed E-state index contributed by atoms with van der Waals surface area (Å²) in [7, 11) is 1.73. The number of hydrogen-bond acceptors (Lipinski definition) is 2. The Hall–Kier alpha value is -1.38. The largest absolute Gasteiger partial charge is 0.385 e. The monoisotopic (exact) mass is 243 g/mol. The van der Waals surface area contributed by atoms with Crippen LogP contribution >= 0.6 is 0 Å². The summed E-state index contributed by atoms with van der Waals surface area (Å²) >= 11 is 0. The van der Waals surface area contributed by atoms with Crippen LogP contribution in [0.2, 0.25) is 0 Å². The van der Waals surface area contributed by atoms with Gasteiger partial charge in [0.15, 0.2) is 0 Å². The van der Waals surface area contributed by atoms with Gasteiger partial charge in [-0.15, -0.1) is 0 Å². The van der Waals surface area contributed by atoms with Crippen LogP contribution in [0.25, 0.3) is 10.8 Å². The van der Waals surface area contributed by atoms with Crippen molar-refractivity contribution in [2.45, 2.75) is 25.3 Å². The van der Waals surface area contributed by atoms with E-state index in [-0.39, 0.29) is 6.04 Å². The van der Waals surface area contributed by atoms with Crippen LogP contribution in [0.3, 0.4) is 0 Å². The summed E-state index contributed by atoms with van der Waals surface area (Å²) < 4.78 is 5.04. The van der Waals surface area contributed by atoms with Crippen LogP contribution in [0.15, 0.2) is 42.5 Å². The van der Waals surface area contributed by atoms with E-state index in [1.807, 2.05) is 0 Å². The Morgan fingerprint density at radius 2 is 1.89 bits per heavy atom. The van der Waals surface area contributed by atoms with Gasteiger partial charge in [-0.25, -0.2) is 0 Å². The molecule has 1 atom stereocenters. The van der Waals surface area contributed by atoms with Crippen molar-refractivity contribution in [3.8, 4) is 0 Å². The molecule has 1 unspecified atom stereocenters. The number of hydrogen-bond donors (Lipinski definition) is 1. The van der Waals surface area contributed by atoms with E-state index in [1.165, 1.54) is 16.3 Å². The zero-order chi connectivity index (χ0) is 12.8. The van der Waals surface area contributed by atoms with Gasteiger partial charge in [0.2, 0.25) is 0 Å². The molecule has 0 amide bonds. The molecule has 2 rings (SSSR count). The lowest BCUT2D eigenvalue weighted by atomic mass is 10.00. The first-order valence-electron chi connectivity index (χ1n) is 6.52. The lowest BCUT2D eigenvalue weighted by molar-refractivity contribution is 0.190. The van der Waals surface area contributed by atoms with Gasteiger partial charge < -0.3 is 10.5 Å². The van der Waals surface area contributed by atoms with Crippen LogP contribution in [0, 0.1) is 0 Å². The summed E-state index contributed by atoms with van der Waals surface area (Å²) in [6, 6.07) is 15.2. The van der Waals surface area contributed by atoms with Crippen LogP contribution in [0.5, 0.6) is 0 Å². The van der Waals surface area contributed by atoms with E-state index in [0.717, 1.165) is 25.9 Å². The lowest BCUT2D eigenvalue weighted by Crippen LogP contribution is -2.23. The number of nitrogens with two attached hydrogens (primary N) is 1. The van der Waals surface area contributed by atoms with Gasteiger partial charge in [-0.1, -0.05) is 42.5 Å². The molecule has 96 valence electrons. The third kappa shape index (κ3) is 3.56. The third-order valence-electron chi connectivity index (χ3n) is 3.24. The van der Waals surface area contributed by atoms with Gasteiger partial charge in [0.25, 0.3) is 0 Å². The van der Waals surface area contributed by atoms with E-state index < -0.39 is 0 Å². The molecule has 0 saturated carbocycles. The molecule has 0 fully saturated rings. The molecule has 2 aromatic carbocycles. The van der Waals surface area contributed by atoms with Gasteiger partial charge >= 0.3 is 0 Å². The van der Waals surface area contributed by atoms with Gasteiger partial charge in [0.1, 0.15) is 0 Å². The van der Waals surface area contributed by atoms with Crippen molar-refractivity contribution in [2.75, 3.05) is 13.7 Å². The molecule has 2 heteroatoms. The van der Waals surface area contributed by atoms with E-state index in [9.17, 15) is 0 Å². The molecule has 2 aromatic rings. The van der Waals surface area contributed by atoms with Crippen LogP contribution in [-0.4, -0.2) is 19.8 Å². The number of methoxy groups -OCH3 is 1. The zero-order valence-corrected chi connectivity index (χ0v) is 10.9. The van der Waals surface area contributed by atoms with Crippen LogP contribution in [0.1, 0.15) is 18.4 Å². The van der Waals surface area contributed by atoms with Crippen molar-refractivity contribution in [2.24, 2.45) is 5.73 Å². The summed E-state index contributed by atoms with van der Waals surface area (Å²) in [6.45, 7) is 0.797. The molecule has 0 saturated heterocycles. The van der Waals surface area contributed by atoms with E-state index in [2.05, 4.69) is 42.5 Å². The Bertz CT molecular complexity index is 495. The Kier molecular flexibility index (Phi) is 4.73. The first kappa shape index (κ1) is 13.1. The first-order chi connectivity index (χ1) is 8.79. The second kappa shape index (κ2) is 6.53. The van der Waals surface area contributed by atoms with Crippen molar-refractivity contribution in [3.05, 3.63) is 48.0 Å². The van der Waals surface area contributed by atoms with Crippen molar-refractivity contribution in [1.82, 2.24) is 0 Å². The molecule has 0 heterocycles. The van der Waals surface area contributed by atoms with Gasteiger partial charge in [0, 0.05) is 19.8 Å². The summed E-state index contributed by atoms with van der Waals surface area (Å²) in [4.78, 5) is 0. The minimum atomic E-state index is 0.223. The highest BCUT2D eigenvalue weighted by Crippen LogP contribution is 2.17. The van der Waals surface area contributed by atoms with Crippen molar-refractivity contribution >= 4 is 10.8 Å². The lowest BCUT2D eigenvalue weighted by Gasteiger charge is -2.11. The van der Waals surface area contributed by atoms with Crippen LogP contribution in [0.4, 0.5) is 0 Å². The maximum Gasteiger partial charge on any atom is 0.0462 e. The average Bonchev–Trinajstić information content (AvgIpc) is 2.39. The fourth-order valence-corrected chi connectivity index (χ4v) is 2.26. The Balaban J connectivity index is 1.98. The molecule has 0 radical (unpaired) electrons. The number of ether oxygens (including phenoxy) is 1. The Morgan fingerprint density at radius 1 is 1.11 bits per heavy atom. The zero-order valence-electron chi connectivity index (χ0n) is 10.9. The molecule has 0 aliphatic heterocycles. The van der Waals surface area contributed by atoms with Crippen molar-refractivity contribution in [1.29, 1.82) is 0 Å². The highest BCUT2D eigenvalue weighted by atomic mass is 16.5. The molecule has 0 spiro atoms. The minimum absolute atomic E-state index is 0.223. The van der Waals surface area contributed by atoms with Crippen LogP contribution < -0.4 is 5.73 Å². The average molecular weight is 243 g/mol. The minimum Gasteiger partial charge on any atom is -0.385 e. The molecule has 0 aromatic heterocycles. The maximum absolute atomic E-state index is 6.14. The van der Waals surface area contributed by atoms with E-state index in [4.69, 9.17) is 10.5 Å². The smallest absolute Gasteiger partial charge is 0.0462 e. The third-order valence-corrected chi connectivity index (χ3v) is 3.24. The van der Waals surface area contributed by atoms with Gasteiger partial charge in [-0.05, 0) is 35.6 Å². The molecule has 2 nitrogen and oxygen atoms in total. The summed E-state index contributed by atoms with van der Waals surface area (Å²) in [6.07, 6.45) is 2.99. The summed E-state index contributed by atoms with van der Waals surface area (Å²) in [5, 5.41) is 2.58.